The average molecular weight is 424 g/mol. The number of hydrogen-bond acceptors (Lipinski definition) is 5. The maximum Gasteiger partial charge on any atom is 0.343 e. The minimum Gasteiger partial charge on any atom is -0.497 e. The van der Waals surface area contributed by atoms with Crippen molar-refractivity contribution in [3.63, 3.8) is 0 Å². The van der Waals surface area contributed by atoms with Gasteiger partial charge in [0.25, 0.3) is 0 Å². The van der Waals surface area contributed by atoms with E-state index in [1.54, 1.807) is 24.3 Å². The summed E-state index contributed by atoms with van der Waals surface area (Å²) in [5.41, 5.74) is 1.49. The van der Waals surface area contributed by atoms with Crippen molar-refractivity contribution in [2.75, 3.05) is 31.8 Å². The van der Waals surface area contributed by atoms with Gasteiger partial charge in [0.1, 0.15) is 17.5 Å². The Morgan fingerprint density at radius 1 is 0.968 bits per heavy atom. The van der Waals surface area contributed by atoms with E-state index in [0.29, 0.717) is 18.0 Å². The van der Waals surface area contributed by atoms with E-state index in [-0.39, 0.29) is 12.7 Å². The molecule has 2 aliphatic heterocycles. The number of nitrogens with zero attached hydrogens (tertiary/aromatic N) is 2. The van der Waals surface area contributed by atoms with Crippen LogP contribution >= 0.6 is 0 Å². The molecule has 2 heterocycles. The van der Waals surface area contributed by atoms with Gasteiger partial charge in [0.05, 0.1) is 25.9 Å². The zero-order chi connectivity index (χ0) is 22.0. The van der Waals surface area contributed by atoms with Crippen molar-refractivity contribution in [1.82, 2.24) is 4.90 Å². The van der Waals surface area contributed by atoms with Crippen LogP contribution in [0.3, 0.4) is 0 Å². The summed E-state index contributed by atoms with van der Waals surface area (Å²) >= 11 is 0. The fourth-order valence-electron chi connectivity index (χ4n) is 4.27. The van der Waals surface area contributed by atoms with Gasteiger partial charge in [-0.3, -0.25) is 9.59 Å². The van der Waals surface area contributed by atoms with E-state index in [9.17, 15) is 14.4 Å². The second-order valence-electron chi connectivity index (χ2n) is 7.62. The molecule has 0 bridgehead atoms. The number of ether oxygens (including phenoxy) is 2. The van der Waals surface area contributed by atoms with Crippen molar-refractivity contribution < 1.29 is 28.8 Å². The first-order chi connectivity index (χ1) is 15.0. The van der Waals surface area contributed by atoms with Crippen molar-refractivity contribution in [1.29, 1.82) is 0 Å². The molecule has 0 spiro atoms. The van der Waals surface area contributed by atoms with E-state index in [1.165, 1.54) is 7.11 Å². The van der Waals surface area contributed by atoms with Crippen LogP contribution in [0.4, 0.5) is 10.5 Å². The van der Waals surface area contributed by atoms with E-state index in [4.69, 9.17) is 9.47 Å². The number of hydrogen-bond donors (Lipinski definition) is 1. The van der Waals surface area contributed by atoms with E-state index in [1.807, 2.05) is 31.2 Å². The fourth-order valence-corrected chi connectivity index (χ4v) is 4.27. The lowest BCUT2D eigenvalue weighted by Crippen LogP contribution is -3.12. The molecule has 2 aromatic rings. The van der Waals surface area contributed by atoms with Crippen molar-refractivity contribution in [3.8, 4) is 11.5 Å². The monoisotopic (exact) mass is 424 g/mol. The lowest BCUT2D eigenvalue weighted by molar-refractivity contribution is -0.925. The van der Waals surface area contributed by atoms with Crippen LogP contribution in [0.25, 0.3) is 0 Å². The smallest absolute Gasteiger partial charge is 0.343 e. The van der Waals surface area contributed by atoms with Crippen LogP contribution in [0.5, 0.6) is 11.5 Å². The summed E-state index contributed by atoms with van der Waals surface area (Å²) in [6.07, 6.45) is 1.94. The van der Waals surface area contributed by atoms with Crippen LogP contribution < -0.4 is 19.3 Å². The lowest BCUT2D eigenvalue weighted by Gasteiger charge is -2.25. The van der Waals surface area contributed by atoms with Gasteiger partial charge in [-0.15, -0.1) is 0 Å². The molecule has 1 unspecified atom stereocenters. The normalized spacial score (nSPS) is 21.2. The Hall–Kier alpha value is -3.39. The molecular formula is C23H26N3O5+. The predicted octanol–water partition coefficient (Wildman–Crippen LogP) is 1.77. The van der Waals surface area contributed by atoms with Gasteiger partial charge in [-0.25, -0.2) is 14.6 Å². The third-order valence-corrected chi connectivity index (χ3v) is 5.82. The topological polar surface area (TPSA) is 80.6 Å². The number of methoxy groups -OCH3 is 1. The molecule has 2 fully saturated rings. The van der Waals surface area contributed by atoms with Crippen molar-refractivity contribution in [3.05, 3.63) is 54.1 Å². The average Bonchev–Trinajstić information content (AvgIpc) is 3.33. The summed E-state index contributed by atoms with van der Waals surface area (Å²) in [6, 6.07) is 14.0. The molecule has 2 aliphatic rings. The Balaban J connectivity index is 1.50. The first kappa shape index (κ1) is 20.9. The number of nitrogens with one attached hydrogen (secondary N) is 1. The van der Waals surface area contributed by atoms with Gasteiger partial charge in [0.15, 0.2) is 6.67 Å². The molecule has 4 amide bonds. The molecule has 4 rings (SSSR count). The highest BCUT2D eigenvalue weighted by Gasteiger charge is 2.48. The number of imide groups is 2. The van der Waals surface area contributed by atoms with Crippen LogP contribution in [0.2, 0.25) is 0 Å². The van der Waals surface area contributed by atoms with Crippen LogP contribution in [-0.4, -0.2) is 49.7 Å². The number of rotatable bonds is 7. The van der Waals surface area contributed by atoms with Gasteiger partial charge in [-0.05, 0) is 55.5 Å². The standard InChI is InChI=1S/C23H25N3O5/c1-3-31-19-10-6-16(7-11-19)20-5-4-14-24(20)15-25-21(27)22(28)26(23(25)29)17-8-12-18(30-2)13-9-17/h6-13,20H,3-5,14-15H2,1-2H3/p+1/t20-/m0/s1. The number of carbonyl (C=O) groups is 3. The number of benzene rings is 2. The zero-order valence-corrected chi connectivity index (χ0v) is 17.7. The van der Waals surface area contributed by atoms with E-state index in [0.717, 1.165) is 45.4 Å². The molecule has 8 heteroatoms. The molecule has 0 aromatic heterocycles. The molecular weight excluding hydrogens is 398 g/mol. The third-order valence-electron chi connectivity index (χ3n) is 5.82. The van der Waals surface area contributed by atoms with Crippen molar-refractivity contribution >= 4 is 23.5 Å². The number of anilines is 1. The van der Waals surface area contributed by atoms with E-state index in [2.05, 4.69) is 0 Å². The molecule has 1 N–H and O–H groups in total. The number of urea groups is 1. The number of carbonyl (C=O) groups excluding carboxylic acids is 3. The summed E-state index contributed by atoms with van der Waals surface area (Å²) in [4.78, 5) is 41.3. The summed E-state index contributed by atoms with van der Waals surface area (Å²) in [6.45, 7) is 3.54. The van der Waals surface area contributed by atoms with Gasteiger partial charge in [-0.2, -0.15) is 0 Å². The molecule has 31 heavy (non-hydrogen) atoms. The van der Waals surface area contributed by atoms with Crippen LogP contribution in [0.15, 0.2) is 48.5 Å². The summed E-state index contributed by atoms with van der Waals surface area (Å²) in [7, 11) is 1.53. The largest absolute Gasteiger partial charge is 0.497 e. The first-order valence-electron chi connectivity index (χ1n) is 10.4. The van der Waals surface area contributed by atoms with Crippen LogP contribution in [-0.2, 0) is 9.59 Å². The van der Waals surface area contributed by atoms with Crippen LogP contribution in [0, 0.1) is 0 Å². The SMILES string of the molecule is CCOc1ccc([C@@H]2CCC[NH+]2CN2C(=O)C(=O)N(c3ccc(OC)cc3)C2=O)cc1. The molecule has 2 atom stereocenters. The second kappa shape index (κ2) is 8.77. The molecule has 0 saturated carbocycles. The van der Waals surface area contributed by atoms with Crippen molar-refractivity contribution in [2.45, 2.75) is 25.8 Å². The third kappa shape index (κ3) is 3.98. The fraction of sp³-hybridized carbons (Fsp3) is 0.348. The molecule has 8 nitrogen and oxygen atoms in total. The lowest BCUT2D eigenvalue weighted by atomic mass is 10.0. The van der Waals surface area contributed by atoms with Gasteiger partial charge in [0, 0.05) is 18.4 Å². The number of amides is 4. The molecule has 2 saturated heterocycles. The maximum atomic E-state index is 13.0. The molecule has 0 radical (unpaired) electrons. The summed E-state index contributed by atoms with van der Waals surface area (Å²) in [5, 5.41) is 0. The maximum absolute atomic E-state index is 13.0. The highest BCUT2D eigenvalue weighted by molar-refractivity contribution is 6.52. The second-order valence-corrected chi connectivity index (χ2v) is 7.62. The van der Waals surface area contributed by atoms with Gasteiger partial charge >= 0.3 is 17.8 Å². The Kier molecular flexibility index (Phi) is 5.90. The predicted molar refractivity (Wildman–Crippen MR) is 113 cm³/mol. The highest BCUT2D eigenvalue weighted by Crippen LogP contribution is 2.25. The zero-order valence-electron chi connectivity index (χ0n) is 17.7. The molecule has 162 valence electrons. The van der Waals surface area contributed by atoms with E-state index >= 15 is 0 Å². The molecule has 2 aromatic carbocycles. The Labute approximate surface area is 180 Å². The summed E-state index contributed by atoms with van der Waals surface area (Å²) < 4.78 is 10.6. The van der Waals surface area contributed by atoms with Crippen molar-refractivity contribution in [2.24, 2.45) is 0 Å². The molecule has 0 aliphatic carbocycles. The van der Waals surface area contributed by atoms with E-state index < -0.39 is 17.8 Å². The quantitative estimate of drug-likeness (QED) is 0.541. The van der Waals surface area contributed by atoms with Gasteiger partial charge in [-0.1, -0.05) is 0 Å². The first-order valence-corrected chi connectivity index (χ1v) is 10.4. The van der Waals surface area contributed by atoms with Gasteiger partial charge in [0.2, 0.25) is 0 Å². The Morgan fingerprint density at radius 2 is 1.65 bits per heavy atom. The minimum absolute atomic E-state index is 0.154. The Bertz CT molecular complexity index is 974. The minimum atomic E-state index is -0.827. The highest BCUT2D eigenvalue weighted by atomic mass is 16.5. The van der Waals surface area contributed by atoms with Gasteiger partial charge < -0.3 is 14.4 Å². The summed E-state index contributed by atoms with van der Waals surface area (Å²) in [5.74, 6) is -0.195. The Morgan fingerprint density at radius 3 is 2.29 bits per heavy atom. The van der Waals surface area contributed by atoms with Crippen LogP contribution in [0.1, 0.15) is 31.4 Å². The number of quaternary nitrogens is 1. The number of likely N-dealkylation sites (tertiary alicyclic amines) is 1.